The zero-order valence-corrected chi connectivity index (χ0v) is 10.3. The van der Waals surface area contributed by atoms with E-state index in [-0.39, 0.29) is 5.91 Å². The van der Waals surface area contributed by atoms with Gasteiger partial charge in [0.05, 0.1) is 0 Å². The van der Waals surface area contributed by atoms with Crippen LogP contribution in [0.5, 0.6) is 0 Å². The van der Waals surface area contributed by atoms with Crippen LogP contribution in [0.2, 0.25) is 0 Å². The zero-order valence-electron chi connectivity index (χ0n) is 10.3. The molecule has 1 heterocycles. The Balaban J connectivity index is 2.09. The lowest BCUT2D eigenvalue weighted by atomic mass is 10.1. The largest absolute Gasteiger partial charge is 0.381 e. The number of amides is 1. The molecule has 3 nitrogen and oxygen atoms in total. The van der Waals surface area contributed by atoms with Gasteiger partial charge in [0, 0.05) is 31.4 Å². The Kier molecular flexibility index (Phi) is 4.15. The van der Waals surface area contributed by atoms with Crippen molar-refractivity contribution in [1.29, 1.82) is 0 Å². The molecule has 0 atom stereocenters. The number of benzene rings is 1. The van der Waals surface area contributed by atoms with Gasteiger partial charge in [0.2, 0.25) is 0 Å². The first-order valence-corrected chi connectivity index (χ1v) is 6.26. The number of rotatable bonds is 3. The molecule has 1 saturated heterocycles. The number of nitrogens with zero attached hydrogens (tertiary/aromatic N) is 1. The molecule has 0 N–H and O–H groups in total. The minimum Gasteiger partial charge on any atom is -0.381 e. The lowest BCUT2D eigenvalue weighted by molar-refractivity contribution is 0.0305. The summed E-state index contributed by atoms with van der Waals surface area (Å²) in [5.41, 5.74) is 0.779. The quantitative estimate of drug-likeness (QED) is 0.802. The molecule has 2 rings (SSSR count). The van der Waals surface area contributed by atoms with Crippen LogP contribution in [0.15, 0.2) is 30.3 Å². The molecule has 0 spiro atoms. The van der Waals surface area contributed by atoms with E-state index < -0.39 is 0 Å². The van der Waals surface area contributed by atoms with Crippen LogP contribution >= 0.6 is 0 Å². The lowest BCUT2D eigenvalue weighted by Crippen LogP contribution is -2.43. The van der Waals surface area contributed by atoms with Crippen molar-refractivity contribution in [1.82, 2.24) is 4.90 Å². The Morgan fingerprint density at radius 2 is 1.94 bits per heavy atom. The summed E-state index contributed by atoms with van der Waals surface area (Å²) in [5.74, 6) is 0.139. The topological polar surface area (TPSA) is 29.5 Å². The Morgan fingerprint density at radius 3 is 2.53 bits per heavy atom. The molecule has 92 valence electrons. The molecule has 0 unspecified atom stereocenters. The maximum Gasteiger partial charge on any atom is 0.254 e. The highest BCUT2D eigenvalue weighted by Gasteiger charge is 2.24. The predicted molar refractivity (Wildman–Crippen MR) is 67.0 cm³/mol. The standard InChI is InChI=1S/C14H19NO2/c1-2-15(13-8-10-17-11-9-13)14(16)12-6-4-3-5-7-12/h3-7,13H,2,8-11H2,1H3. The Bertz CT molecular complexity index is 358. The van der Waals surface area contributed by atoms with E-state index >= 15 is 0 Å². The van der Waals surface area contributed by atoms with Crippen molar-refractivity contribution < 1.29 is 9.53 Å². The summed E-state index contributed by atoms with van der Waals surface area (Å²) in [6.45, 7) is 4.33. The van der Waals surface area contributed by atoms with Crippen molar-refractivity contribution in [2.24, 2.45) is 0 Å². The molecule has 1 fully saturated rings. The van der Waals surface area contributed by atoms with E-state index in [0.717, 1.165) is 38.2 Å². The maximum absolute atomic E-state index is 12.4. The fraction of sp³-hybridized carbons (Fsp3) is 0.500. The third-order valence-electron chi connectivity index (χ3n) is 3.25. The van der Waals surface area contributed by atoms with Crippen LogP contribution in [0.4, 0.5) is 0 Å². The summed E-state index contributed by atoms with van der Waals surface area (Å²) < 4.78 is 5.34. The van der Waals surface area contributed by atoms with Crippen molar-refractivity contribution in [3.05, 3.63) is 35.9 Å². The third kappa shape index (κ3) is 2.86. The van der Waals surface area contributed by atoms with E-state index in [9.17, 15) is 4.79 Å². The van der Waals surface area contributed by atoms with Gasteiger partial charge in [-0.1, -0.05) is 18.2 Å². The average molecular weight is 233 g/mol. The molecule has 1 aliphatic heterocycles. The molecule has 1 amide bonds. The van der Waals surface area contributed by atoms with Crippen LogP contribution in [0.3, 0.4) is 0 Å². The molecule has 0 aliphatic carbocycles. The first-order chi connectivity index (χ1) is 8.33. The number of carbonyl (C=O) groups is 1. The summed E-state index contributed by atoms with van der Waals surface area (Å²) in [6, 6.07) is 9.84. The summed E-state index contributed by atoms with van der Waals surface area (Å²) in [4.78, 5) is 14.3. The van der Waals surface area contributed by atoms with Crippen molar-refractivity contribution in [3.63, 3.8) is 0 Å². The third-order valence-corrected chi connectivity index (χ3v) is 3.25. The van der Waals surface area contributed by atoms with E-state index in [4.69, 9.17) is 4.74 Å². The van der Waals surface area contributed by atoms with E-state index in [2.05, 4.69) is 0 Å². The van der Waals surface area contributed by atoms with Crippen LogP contribution in [-0.2, 0) is 4.74 Å². The molecule has 1 aliphatic rings. The van der Waals surface area contributed by atoms with Crippen molar-refractivity contribution in [2.45, 2.75) is 25.8 Å². The van der Waals surface area contributed by atoms with Crippen molar-refractivity contribution >= 4 is 5.91 Å². The van der Waals surface area contributed by atoms with Gasteiger partial charge in [-0.25, -0.2) is 0 Å². The van der Waals surface area contributed by atoms with E-state index in [0.29, 0.717) is 6.04 Å². The van der Waals surface area contributed by atoms with E-state index in [1.807, 2.05) is 42.2 Å². The molecular formula is C14H19NO2. The molecule has 0 bridgehead atoms. The number of ether oxygens (including phenoxy) is 1. The SMILES string of the molecule is CCN(C(=O)c1ccccc1)C1CCOCC1. The average Bonchev–Trinajstić information content (AvgIpc) is 2.42. The predicted octanol–water partition coefficient (Wildman–Crippen LogP) is 2.33. The van der Waals surface area contributed by atoms with Crippen LogP contribution in [0.25, 0.3) is 0 Å². The monoisotopic (exact) mass is 233 g/mol. The first kappa shape index (κ1) is 12.1. The minimum absolute atomic E-state index is 0.139. The van der Waals surface area contributed by atoms with Gasteiger partial charge in [-0.05, 0) is 31.9 Å². The van der Waals surface area contributed by atoms with Crippen LogP contribution in [0, 0.1) is 0 Å². The summed E-state index contributed by atoms with van der Waals surface area (Å²) >= 11 is 0. The fourth-order valence-corrected chi connectivity index (χ4v) is 2.31. The second kappa shape index (κ2) is 5.82. The number of hydrogen-bond donors (Lipinski definition) is 0. The minimum atomic E-state index is 0.139. The highest BCUT2D eigenvalue weighted by atomic mass is 16.5. The highest BCUT2D eigenvalue weighted by Crippen LogP contribution is 2.17. The summed E-state index contributed by atoms with van der Waals surface area (Å²) in [6.07, 6.45) is 1.90. The van der Waals surface area contributed by atoms with Crippen LogP contribution in [-0.4, -0.2) is 36.6 Å². The maximum atomic E-state index is 12.4. The molecule has 0 radical (unpaired) electrons. The Morgan fingerprint density at radius 1 is 1.29 bits per heavy atom. The van der Waals surface area contributed by atoms with Gasteiger partial charge in [0.15, 0.2) is 0 Å². The van der Waals surface area contributed by atoms with Gasteiger partial charge in [-0.15, -0.1) is 0 Å². The molecule has 0 aromatic heterocycles. The highest BCUT2D eigenvalue weighted by molar-refractivity contribution is 5.94. The van der Waals surface area contributed by atoms with Crippen LogP contribution < -0.4 is 0 Å². The number of carbonyl (C=O) groups excluding carboxylic acids is 1. The molecular weight excluding hydrogens is 214 g/mol. The van der Waals surface area contributed by atoms with E-state index in [1.54, 1.807) is 0 Å². The first-order valence-electron chi connectivity index (χ1n) is 6.26. The Hall–Kier alpha value is -1.35. The summed E-state index contributed by atoms with van der Waals surface area (Å²) in [7, 11) is 0. The van der Waals surface area contributed by atoms with Gasteiger partial charge in [-0.2, -0.15) is 0 Å². The molecule has 1 aromatic rings. The van der Waals surface area contributed by atoms with Crippen molar-refractivity contribution in [3.8, 4) is 0 Å². The van der Waals surface area contributed by atoms with Gasteiger partial charge in [-0.3, -0.25) is 4.79 Å². The Labute approximate surface area is 102 Å². The smallest absolute Gasteiger partial charge is 0.254 e. The fourth-order valence-electron chi connectivity index (χ4n) is 2.31. The molecule has 0 saturated carbocycles. The van der Waals surface area contributed by atoms with Gasteiger partial charge >= 0.3 is 0 Å². The second-order valence-electron chi connectivity index (χ2n) is 4.30. The second-order valence-corrected chi connectivity index (χ2v) is 4.30. The molecule has 1 aromatic carbocycles. The van der Waals surface area contributed by atoms with Crippen molar-refractivity contribution in [2.75, 3.05) is 19.8 Å². The lowest BCUT2D eigenvalue weighted by Gasteiger charge is -2.33. The normalized spacial score (nSPS) is 16.8. The number of hydrogen-bond acceptors (Lipinski definition) is 2. The molecule has 17 heavy (non-hydrogen) atoms. The summed E-state index contributed by atoms with van der Waals surface area (Å²) in [5, 5.41) is 0. The molecule has 3 heteroatoms. The van der Waals surface area contributed by atoms with Gasteiger partial charge < -0.3 is 9.64 Å². The van der Waals surface area contributed by atoms with Gasteiger partial charge in [0.1, 0.15) is 0 Å². The van der Waals surface area contributed by atoms with Gasteiger partial charge in [0.25, 0.3) is 5.91 Å². The van der Waals surface area contributed by atoms with Crippen LogP contribution in [0.1, 0.15) is 30.1 Å². The van der Waals surface area contributed by atoms with E-state index in [1.165, 1.54) is 0 Å². The zero-order chi connectivity index (χ0) is 12.1.